The van der Waals surface area contributed by atoms with Crippen LogP contribution in [0.1, 0.15) is 38.9 Å². The Morgan fingerprint density at radius 2 is 2.10 bits per heavy atom. The lowest BCUT2D eigenvalue weighted by atomic mass is 10.1. The van der Waals surface area contributed by atoms with Crippen LogP contribution in [0, 0.1) is 5.82 Å². The number of aromatic nitrogens is 2. The summed E-state index contributed by atoms with van der Waals surface area (Å²) in [6, 6.07) is 2.93. The average Bonchev–Trinajstić information content (AvgIpc) is 2.68. The molecule has 0 radical (unpaired) electrons. The van der Waals surface area contributed by atoms with Gasteiger partial charge >= 0.3 is 0 Å². The third-order valence-electron chi connectivity index (χ3n) is 3.25. The lowest BCUT2D eigenvalue weighted by Gasteiger charge is -2.26. The zero-order valence-electron chi connectivity index (χ0n) is 12.6. The fraction of sp³-hybridized carbons (Fsp3) is 0.533. The molecule has 0 aliphatic rings. The molecule has 0 amide bonds. The fourth-order valence-corrected chi connectivity index (χ4v) is 2.75. The normalized spacial score (nSPS) is 13.9. The Morgan fingerprint density at radius 1 is 1.43 bits per heavy atom. The minimum absolute atomic E-state index is 0.0756. The van der Waals surface area contributed by atoms with Crippen LogP contribution in [0.25, 0.3) is 11.0 Å². The molecule has 2 rings (SSSR count). The Labute approximate surface area is 134 Å². The van der Waals surface area contributed by atoms with Crippen LogP contribution in [-0.2, 0) is 11.3 Å². The number of alkyl halides is 1. The first-order valence-electron chi connectivity index (χ1n) is 6.88. The van der Waals surface area contributed by atoms with Gasteiger partial charge in [0.05, 0.1) is 33.6 Å². The van der Waals surface area contributed by atoms with Gasteiger partial charge in [0.25, 0.3) is 0 Å². The van der Waals surface area contributed by atoms with Crippen LogP contribution in [0.4, 0.5) is 4.39 Å². The maximum absolute atomic E-state index is 13.6. The van der Waals surface area contributed by atoms with Crippen LogP contribution in [0.2, 0.25) is 5.02 Å². The summed E-state index contributed by atoms with van der Waals surface area (Å²) in [6.07, 6.45) is 0. The van der Waals surface area contributed by atoms with Crippen molar-refractivity contribution in [3.8, 4) is 0 Å². The molecule has 0 bridgehead atoms. The van der Waals surface area contributed by atoms with E-state index in [0.29, 0.717) is 24.5 Å². The Balaban J connectivity index is 2.58. The molecule has 1 unspecified atom stereocenters. The summed E-state index contributed by atoms with van der Waals surface area (Å²) in [5.41, 5.74) is 0.924. The van der Waals surface area contributed by atoms with Gasteiger partial charge < -0.3 is 9.30 Å². The van der Waals surface area contributed by atoms with E-state index in [9.17, 15) is 4.39 Å². The van der Waals surface area contributed by atoms with Gasteiger partial charge in [0.1, 0.15) is 11.6 Å². The molecule has 1 aromatic carbocycles. The van der Waals surface area contributed by atoms with Crippen molar-refractivity contribution in [2.45, 2.75) is 45.2 Å². The van der Waals surface area contributed by atoms with Gasteiger partial charge in [0, 0.05) is 12.7 Å². The molecule has 1 aromatic heterocycles. The highest BCUT2D eigenvalue weighted by Gasteiger charge is 2.24. The predicted molar refractivity (Wildman–Crippen MR) is 84.7 cm³/mol. The highest BCUT2D eigenvalue weighted by Crippen LogP contribution is 2.30. The summed E-state index contributed by atoms with van der Waals surface area (Å²) >= 11 is 12.1. The number of hydrogen-bond acceptors (Lipinski definition) is 2. The minimum atomic E-state index is -0.480. The zero-order chi connectivity index (χ0) is 15.8. The van der Waals surface area contributed by atoms with Crippen LogP contribution < -0.4 is 0 Å². The Bertz CT molecular complexity index is 653. The van der Waals surface area contributed by atoms with Crippen molar-refractivity contribution in [3.05, 3.63) is 28.8 Å². The van der Waals surface area contributed by atoms with Gasteiger partial charge in [0.15, 0.2) is 0 Å². The first-order chi connectivity index (χ1) is 9.75. The van der Waals surface area contributed by atoms with E-state index in [-0.39, 0.29) is 16.0 Å². The van der Waals surface area contributed by atoms with E-state index in [1.165, 1.54) is 6.07 Å². The molecule has 0 saturated carbocycles. The second-order valence-corrected chi connectivity index (χ2v) is 6.68. The maximum Gasteiger partial charge on any atom is 0.144 e. The smallest absolute Gasteiger partial charge is 0.144 e. The molecule has 3 nitrogen and oxygen atoms in total. The molecule has 0 fully saturated rings. The monoisotopic (exact) mass is 332 g/mol. The fourth-order valence-electron chi connectivity index (χ4n) is 2.43. The molecule has 0 N–H and O–H groups in total. The van der Waals surface area contributed by atoms with Crippen molar-refractivity contribution < 1.29 is 9.13 Å². The van der Waals surface area contributed by atoms with E-state index in [0.717, 1.165) is 5.52 Å². The van der Waals surface area contributed by atoms with E-state index in [1.54, 1.807) is 6.07 Å². The maximum atomic E-state index is 13.6. The SMILES string of the molecule is CCOC(C)(C)Cn1c(C(C)Cl)nc2cc(F)c(Cl)cc21. The number of imidazole rings is 1. The van der Waals surface area contributed by atoms with Gasteiger partial charge in [-0.2, -0.15) is 0 Å². The second kappa shape index (κ2) is 6.11. The van der Waals surface area contributed by atoms with E-state index >= 15 is 0 Å². The minimum Gasteiger partial charge on any atom is -0.374 e. The highest BCUT2D eigenvalue weighted by atomic mass is 35.5. The predicted octanol–water partition coefficient (Wildman–Crippen LogP) is 4.94. The molecule has 6 heteroatoms. The van der Waals surface area contributed by atoms with Crippen molar-refractivity contribution in [1.82, 2.24) is 9.55 Å². The van der Waals surface area contributed by atoms with Gasteiger partial charge in [-0.1, -0.05) is 11.6 Å². The molecular formula is C15H19Cl2FN2O. The van der Waals surface area contributed by atoms with Crippen LogP contribution in [0.15, 0.2) is 12.1 Å². The van der Waals surface area contributed by atoms with Gasteiger partial charge in [-0.05, 0) is 33.8 Å². The Morgan fingerprint density at radius 3 is 2.67 bits per heavy atom. The number of fused-ring (bicyclic) bond motifs is 1. The molecule has 0 spiro atoms. The summed E-state index contributed by atoms with van der Waals surface area (Å²) in [5, 5.41) is -0.219. The lowest BCUT2D eigenvalue weighted by Crippen LogP contribution is -2.31. The summed E-state index contributed by atoms with van der Waals surface area (Å²) in [6.45, 7) is 8.95. The van der Waals surface area contributed by atoms with Crippen molar-refractivity contribution in [2.24, 2.45) is 0 Å². The molecule has 116 valence electrons. The Hall–Kier alpha value is -0.840. The molecule has 0 saturated heterocycles. The first kappa shape index (κ1) is 16.5. The van der Waals surface area contributed by atoms with Crippen LogP contribution in [0.5, 0.6) is 0 Å². The van der Waals surface area contributed by atoms with E-state index < -0.39 is 5.82 Å². The van der Waals surface area contributed by atoms with Gasteiger partial charge in [0.2, 0.25) is 0 Å². The number of halogens is 3. The number of nitrogens with zero attached hydrogens (tertiary/aromatic N) is 2. The molecule has 0 aliphatic heterocycles. The quantitative estimate of drug-likeness (QED) is 0.725. The number of rotatable bonds is 5. The highest BCUT2D eigenvalue weighted by molar-refractivity contribution is 6.31. The second-order valence-electron chi connectivity index (χ2n) is 5.62. The third kappa shape index (κ3) is 3.50. The molecule has 1 atom stereocenters. The van der Waals surface area contributed by atoms with Crippen molar-refractivity contribution >= 4 is 34.2 Å². The van der Waals surface area contributed by atoms with Gasteiger partial charge in [-0.25, -0.2) is 9.37 Å². The van der Waals surface area contributed by atoms with E-state index in [1.807, 2.05) is 32.3 Å². The summed E-state index contributed by atoms with van der Waals surface area (Å²) in [5.74, 6) is 0.202. The molecule has 1 heterocycles. The average molecular weight is 333 g/mol. The lowest BCUT2D eigenvalue weighted by molar-refractivity contribution is -0.0221. The van der Waals surface area contributed by atoms with E-state index in [4.69, 9.17) is 27.9 Å². The number of ether oxygens (including phenoxy) is 1. The topological polar surface area (TPSA) is 27.1 Å². The van der Waals surface area contributed by atoms with Crippen LogP contribution >= 0.6 is 23.2 Å². The zero-order valence-corrected chi connectivity index (χ0v) is 14.1. The van der Waals surface area contributed by atoms with Gasteiger partial charge in [-0.15, -0.1) is 11.6 Å². The summed E-state index contributed by atoms with van der Waals surface area (Å²) in [7, 11) is 0. The van der Waals surface area contributed by atoms with Gasteiger partial charge in [-0.3, -0.25) is 0 Å². The standard InChI is InChI=1S/C15H19Cl2FN2O/c1-5-21-15(3,4)8-20-13-6-10(17)11(18)7-12(13)19-14(20)9(2)16/h6-7,9H,5,8H2,1-4H3. The van der Waals surface area contributed by atoms with Crippen LogP contribution in [0.3, 0.4) is 0 Å². The molecular weight excluding hydrogens is 314 g/mol. The largest absolute Gasteiger partial charge is 0.374 e. The molecule has 2 aromatic rings. The van der Waals surface area contributed by atoms with Crippen molar-refractivity contribution in [2.75, 3.05) is 6.61 Å². The van der Waals surface area contributed by atoms with E-state index in [2.05, 4.69) is 4.98 Å². The summed E-state index contributed by atoms with van der Waals surface area (Å²) < 4.78 is 21.3. The Kier molecular flexibility index (Phi) is 4.81. The van der Waals surface area contributed by atoms with Crippen LogP contribution in [-0.4, -0.2) is 21.8 Å². The number of benzene rings is 1. The third-order valence-corrected chi connectivity index (χ3v) is 3.73. The summed E-state index contributed by atoms with van der Waals surface area (Å²) in [4.78, 5) is 4.44. The van der Waals surface area contributed by atoms with Crippen molar-refractivity contribution in [3.63, 3.8) is 0 Å². The first-order valence-corrected chi connectivity index (χ1v) is 7.70. The molecule has 21 heavy (non-hydrogen) atoms. The van der Waals surface area contributed by atoms with Crippen molar-refractivity contribution in [1.29, 1.82) is 0 Å². The molecule has 0 aliphatic carbocycles. The number of hydrogen-bond donors (Lipinski definition) is 0.